The van der Waals surface area contributed by atoms with Crippen molar-refractivity contribution in [3.05, 3.63) is 29.2 Å². The van der Waals surface area contributed by atoms with E-state index in [0.717, 1.165) is 0 Å². The summed E-state index contributed by atoms with van der Waals surface area (Å²) in [5.74, 6) is 0.0724. The topological polar surface area (TPSA) is 93.5 Å². The van der Waals surface area contributed by atoms with Gasteiger partial charge in [0.2, 0.25) is 0 Å². The van der Waals surface area contributed by atoms with E-state index in [0.29, 0.717) is 22.9 Å². The van der Waals surface area contributed by atoms with Crippen LogP contribution in [0.25, 0.3) is 0 Å². The highest BCUT2D eigenvalue weighted by molar-refractivity contribution is 6.21. The number of anilines is 1. The molecular formula is C12H14N4O2. The Balaban J connectivity index is 2.53. The summed E-state index contributed by atoms with van der Waals surface area (Å²) in [5, 5.41) is 14.0. The minimum absolute atomic E-state index is 0.120. The number of nitrogens with two attached hydrogens (primary N) is 1. The fraction of sp³-hybridized carbons (Fsp3) is 0.250. The SMILES string of the molecule is CC1=C(O)/C(=N/c2c(C)nn(C)c2N)C=CC1=O. The number of aliphatic imine (C=N–C) groups is 1. The number of rotatable bonds is 1. The molecule has 0 radical (unpaired) electrons. The van der Waals surface area contributed by atoms with Crippen molar-refractivity contribution in [2.24, 2.45) is 12.0 Å². The fourth-order valence-electron chi connectivity index (χ4n) is 1.68. The molecule has 2 rings (SSSR count). The zero-order valence-electron chi connectivity index (χ0n) is 10.4. The van der Waals surface area contributed by atoms with Crippen LogP contribution in [0.1, 0.15) is 12.6 Å². The van der Waals surface area contributed by atoms with E-state index in [2.05, 4.69) is 10.1 Å². The van der Waals surface area contributed by atoms with Gasteiger partial charge in [-0.2, -0.15) is 5.10 Å². The van der Waals surface area contributed by atoms with Crippen molar-refractivity contribution in [1.82, 2.24) is 9.78 Å². The number of ketones is 1. The lowest BCUT2D eigenvalue weighted by atomic mass is 10.0. The number of allylic oxidation sites excluding steroid dienone is 3. The molecule has 1 aromatic rings. The Morgan fingerprint density at radius 3 is 2.61 bits per heavy atom. The van der Waals surface area contributed by atoms with Crippen LogP contribution in [0.2, 0.25) is 0 Å². The van der Waals surface area contributed by atoms with Crippen LogP contribution >= 0.6 is 0 Å². The first kappa shape index (κ1) is 12.1. The van der Waals surface area contributed by atoms with Crippen LogP contribution in [-0.2, 0) is 11.8 Å². The predicted octanol–water partition coefficient (Wildman–Crippen LogP) is 1.35. The maximum Gasteiger partial charge on any atom is 0.185 e. The molecule has 0 unspecified atom stereocenters. The van der Waals surface area contributed by atoms with Crippen LogP contribution in [0.3, 0.4) is 0 Å². The molecule has 1 aromatic heterocycles. The summed E-state index contributed by atoms with van der Waals surface area (Å²) in [6.45, 7) is 3.33. The lowest BCUT2D eigenvalue weighted by Crippen LogP contribution is -2.12. The van der Waals surface area contributed by atoms with Gasteiger partial charge >= 0.3 is 0 Å². The standard InChI is InChI=1S/C12H14N4O2/c1-6-9(17)5-4-8(11(6)18)14-10-7(2)15-16(3)12(10)13/h4-5,18H,13H2,1-3H3/b14-8+. The summed E-state index contributed by atoms with van der Waals surface area (Å²) >= 11 is 0. The van der Waals surface area contributed by atoms with Gasteiger partial charge < -0.3 is 10.8 Å². The normalized spacial score (nSPS) is 17.9. The maximum atomic E-state index is 11.3. The first-order chi connectivity index (χ1) is 8.41. The van der Waals surface area contributed by atoms with Gasteiger partial charge in [0.25, 0.3) is 0 Å². The molecule has 0 aromatic carbocycles. The van der Waals surface area contributed by atoms with Crippen LogP contribution in [0.4, 0.5) is 11.5 Å². The predicted molar refractivity (Wildman–Crippen MR) is 68.9 cm³/mol. The Kier molecular flexibility index (Phi) is 2.78. The maximum absolute atomic E-state index is 11.3. The molecule has 0 saturated carbocycles. The number of hydrogen-bond donors (Lipinski definition) is 2. The molecule has 6 heteroatoms. The molecule has 18 heavy (non-hydrogen) atoms. The van der Waals surface area contributed by atoms with E-state index in [9.17, 15) is 9.90 Å². The zero-order valence-corrected chi connectivity index (χ0v) is 10.4. The smallest absolute Gasteiger partial charge is 0.185 e. The minimum atomic E-state index is -0.220. The zero-order chi connectivity index (χ0) is 13.4. The number of aromatic nitrogens is 2. The van der Waals surface area contributed by atoms with Crippen LogP contribution in [-0.4, -0.2) is 26.4 Å². The Morgan fingerprint density at radius 2 is 2.06 bits per heavy atom. The Bertz CT molecular complexity index is 620. The highest BCUT2D eigenvalue weighted by Crippen LogP contribution is 2.27. The van der Waals surface area contributed by atoms with Gasteiger partial charge in [0.1, 0.15) is 23.0 Å². The van der Waals surface area contributed by atoms with E-state index < -0.39 is 0 Å². The number of carbonyl (C=O) groups excluding carboxylic acids is 1. The van der Waals surface area contributed by atoms with Gasteiger partial charge in [0.15, 0.2) is 5.78 Å². The molecule has 0 bridgehead atoms. The van der Waals surface area contributed by atoms with Gasteiger partial charge in [0, 0.05) is 12.6 Å². The number of nitrogens with zero attached hydrogens (tertiary/aromatic N) is 3. The number of hydrogen-bond acceptors (Lipinski definition) is 5. The van der Waals surface area contributed by atoms with Crippen molar-refractivity contribution >= 4 is 23.0 Å². The molecule has 1 aliphatic rings. The van der Waals surface area contributed by atoms with Gasteiger partial charge in [-0.05, 0) is 26.0 Å². The van der Waals surface area contributed by atoms with E-state index in [1.165, 1.54) is 16.8 Å². The number of carbonyl (C=O) groups is 1. The minimum Gasteiger partial charge on any atom is -0.505 e. The average molecular weight is 246 g/mol. The van der Waals surface area contributed by atoms with Crippen molar-refractivity contribution in [1.29, 1.82) is 0 Å². The van der Waals surface area contributed by atoms with Crippen LogP contribution < -0.4 is 5.73 Å². The van der Waals surface area contributed by atoms with E-state index in [-0.39, 0.29) is 17.1 Å². The molecular weight excluding hydrogens is 232 g/mol. The van der Waals surface area contributed by atoms with E-state index in [1.807, 2.05) is 0 Å². The Labute approximate surface area is 104 Å². The first-order valence-corrected chi connectivity index (χ1v) is 5.42. The summed E-state index contributed by atoms with van der Waals surface area (Å²) in [7, 11) is 1.72. The molecule has 3 N–H and O–H groups in total. The molecule has 0 aliphatic heterocycles. The molecule has 0 spiro atoms. The summed E-state index contributed by atoms with van der Waals surface area (Å²) in [6, 6.07) is 0. The number of nitrogen functional groups attached to an aromatic ring is 1. The van der Waals surface area contributed by atoms with Gasteiger partial charge in [-0.1, -0.05) is 0 Å². The fourth-order valence-corrected chi connectivity index (χ4v) is 1.68. The number of aliphatic hydroxyl groups is 1. The molecule has 6 nitrogen and oxygen atoms in total. The van der Waals surface area contributed by atoms with Crippen molar-refractivity contribution in [2.75, 3.05) is 5.73 Å². The summed E-state index contributed by atoms with van der Waals surface area (Å²) in [4.78, 5) is 15.6. The molecule has 0 atom stereocenters. The van der Waals surface area contributed by atoms with E-state index in [1.54, 1.807) is 20.9 Å². The molecule has 0 fully saturated rings. The second kappa shape index (κ2) is 4.14. The van der Waals surface area contributed by atoms with Gasteiger partial charge in [0.05, 0.1) is 5.69 Å². The molecule has 1 heterocycles. The van der Waals surface area contributed by atoms with Crippen molar-refractivity contribution in [2.45, 2.75) is 13.8 Å². The average Bonchev–Trinajstić information content (AvgIpc) is 2.56. The van der Waals surface area contributed by atoms with Crippen LogP contribution in [0.5, 0.6) is 0 Å². The Morgan fingerprint density at radius 1 is 1.39 bits per heavy atom. The first-order valence-electron chi connectivity index (χ1n) is 5.42. The van der Waals surface area contributed by atoms with Crippen molar-refractivity contribution < 1.29 is 9.90 Å². The largest absolute Gasteiger partial charge is 0.505 e. The van der Waals surface area contributed by atoms with Gasteiger partial charge in [-0.25, -0.2) is 4.99 Å². The van der Waals surface area contributed by atoms with Crippen LogP contribution in [0, 0.1) is 6.92 Å². The number of aliphatic hydroxyl groups excluding tert-OH is 1. The molecule has 1 aliphatic carbocycles. The van der Waals surface area contributed by atoms with Crippen molar-refractivity contribution in [3.63, 3.8) is 0 Å². The van der Waals surface area contributed by atoms with Crippen LogP contribution in [0.15, 0.2) is 28.5 Å². The number of aryl methyl sites for hydroxylation is 2. The summed E-state index contributed by atoms with van der Waals surface area (Å²) < 4.78 is 1.51. The summed E-state index contributed by atoms with van der Waals surface area (Å²) in [5.41, 5.74) is 7.59. The Hall–Kier alpha value is -2.37. The van der Waals surface area contributed by atoms with Gasteiger partial charge in [-0.3, -0.25) is 9.48 Å². The molecule has 94 valence electrons. The highest BCUT2D eigenvalue weighted by atomic mass is 16.3. The van der Waals surface area contributed by atoms with Gasteiger partial charge in [-0.15, -0.1) is 0 Å². The second-order valence-corrected chi connectivity index (χ2v) is 4.11. The van der Waals surface area contributed by atoms with E-state index in [4.69, 9.17) is 5.73 Å². The monoisotopic (exact) mass is 246 g/mol. The van der Waals surface area contributed by atoms with E-state index >= 15 is 0 Å². The molecule has 0 saturated heterocycles. The lowest BCUT2D eigenvalue weighted by Gasteiger charge is -2.08. The third-order valence-electron chi connectivity index (χ3n) is 2.83. The quantitative estimate of drug-likeness (QED) is 0.731. The highest BCUT2D eigenvalue weighted by Gasteiger charge is 2.18. The third-order valence-corrected chi connectivity index (χ3v) is 2.83. The third kappa shape index (κ3) is 1.81. The van der Waals surface area contributed by atoms with Crippen molar-refractivity contribution in [3.8, 4) is 0 Å². The second-order valence-electron chi connectivity index (χ2n) is 4.11. The summed E-state index contributed by atoms with van der Waals surface area (Å²) in [6.07, 6.45) is 2.84. The molecule has 0 amide bonds. The lowest BCUT2D eigenvalue weighted by molar-refractivity contribution is -0.111.